The van der Waals surface area contributed by atoms with Crippen molar-refractivity contribution in [2.45, 2.75) is 19.4 Å². The van der Waals surface area contributed by atoms with Crippen LogP contribution in [0.2, 0.25) is 0 Å². The Balaban J connectivity index is 1.66. The van der Waals surface area contributed by atoms with Crippen molar-refractivity contribution in [3.63, 3.8) is 0 Å². The van der Waals surface area contributed by atoms with E-state index in [4.69, 9.17) is 0 Å². The van der Waals surface area contributed by atoms with E-state index in [-0.39, 0.29) is 11.8 Å². The molecule has 0 aromatic carbocycles. The van der Waals surface area contributed by atoms with Crippen molar-refractivity contribution in [2.24, 2.45) is 0 Å². The van der Waals surface area contributed by atoms with Crippen molar-refractivity contribution in [3.8, 4) is 0 Å². The molecule has 0 spiro atoms. The van der Waals surface area contributed by atoms with Crippen molar-refractivity contribution in [1.82, 2.24) is 20.2 Å². The molecule has 2 aromatic rings. The van der Waals surface area contributed by atoms with Gasteiger partial charge in [0, 0.05) is 43.8 Å². The van der Waals surface area contributed by atoms with Gasteiger partial charge in [0.05, 0.1) is 0 Å². The molecule has 0 bridgehead atoms. The fourth-order valence-corrected chi connectivity index (χ4v) is 2.56. The van der Waals surface area contributed by atoms with Gasteiger partial charge in [-0.15, -0.1) is 0 Å². The molecule has 3 heterocycles. The Bertz CT molecular complexity index is 697. The van der Waals surface area contributed by atoms with Gasteiger partial charge in [-0.05, 0) is 36.6 Å². The molecule has 0 unspecified atom stereocenters. The van der Waals surface area contributed by atoms with Crippen LogP contribution in [0.3, 0.4) is 0 Å². The molecule has 0 saturated carbocycles. The summed E-state index contributed by atoms with van der Waals surface area (Å²) in [5.41, 5.74) is 1.68. The second kappa shape index (κ2) is 7.00. The number of pyridine rings is 2. The highest BCUT2D eigenvalue weighted by Crippen LogP contribution is 2.12. The number of amides is 2. The molecule has 6 heteroatoms. The van der Waals surface area contributed by atoms with Gasteiger partial charge in [0.25, 0.3) is 11.8 Å². The number of nitrogens with zero attached hydrogens (tertiary/aromatic N) is 3. The Morgan fingerprint density at radius 2 is 2.00 bits per heavy atom. The highest BCUT2D eigenvalue weighted by molar-refractivity contribution is 5.98. The molecule has 0 radical (unpaired) electrons. The SMILES string of the molecule is O=C(NCc1cccnc1)c1ccnc(C(=O)N2CCCC2)c1. The molecule has 0 aliphatic carbocycles. The summed E-state index contributed by atoms with van der Waals surface area (Å²) in [6.45, 7) is 1.92. The number of nitrogens with one attached hydrogen (secondary N) is 1. The molecule has 1 aliphatic heterocycles. The van der Waals surface area contributed by atoms with Crippen molar-refractivity contribution in [3.05, 3.63) is 59.7 Å². The largest absolute Gasteiger partial charge is 0.348 e. The standard InChI is InChI=1S/C17H18N4O2/c22-16(20-12-13-4-3-6-18-11-13)14-5-7-19-15(10-14)17(23)21-8-1-2-9-21/h3-7,10-11H,1-2,8-9,12H2,(H,20,22). The summed E-state index contributed by atoms with van der Waals surface area (Å²) in [6, 6.07) is 6.88. The first-order valence-corrected chi connectivity index (χ1v) is 7.66. The number of carbonyl (C=O) groups excluding carboxylic acids is 2. The van der Waals surface area contributed by atoms with Gasteiger partial charge in [0.15, 0.2) is 0 Å². The van der Waals surface area contributed by atoms with Crippen LogP contribution in [0, 0.1) is 0 Å². The molecule has 1 aliphatic rings. The minimum absolute atomic E-state index is 0.107. The van der Waals surface area contributed by atoms with E-state index >= 15 is 0 Å². The molecule has 1 fully saturated rings. The minimum atomic E-state index is -0.230. The smallest absolute Gasteiger partial charge is 0.272 e. The molecular weight excluding hydrogens is 292 g/mol. The summed E-state index contributed by atoms with van der Waals surface area (Å²) in [7, 11) is 0. The second-order valence-corrected chi connectivity index (χ2v) is 5.47. The molecule has 2 aromatic heterocycles. The fraction of sp³-hybridized carbons (Fsp3) is 0.294. The predicted molar refractivity (Wildman–Crippen MR) is 84.8 cm³/mol. The number of rotatable bonds is 4. The van der Waals surface area contributed by atoms with Crippen LogP contribution < -0.4 is 5.32 Å². The van der Waals surface area contributed by atoms with E-state index in [1.807, 2.05) is 12.1 Å². The van der Waals surface area contributed by atoms with E-state index in [2.05, 4.69) is 15.3 Å². The maximum atomic E-state index is 12.3. The maximum Gasteiger partial charge on any atom is 0.272 e. The molecule has 2 amide bonds. The Labute approximate surface area is 134 Å². The van der Waals surface area contributed by atoms with E-state index < -0.39 is 0 Å². The van der Waals surface area contributed by atoms with Gasteiger partial charge in [-0.3, -0.25) is 19.6 Å². The zero-order chi connectivity index (χ0) is 16.1. The van der Waals surface area contributed by atoms with Crippen molar-refractivity contribution < 1.29 is 9.59 Å². The lowest BCUT2D eigenvalue weighted by molar-refractivity contribution is 0.0787. The van der Waals surface area contributed by atoms with Gasteiger partial charge < -0.3 is 10.2 Å². The van der Waals surface area contributed by atoms with Crippen LogP contribution in [0.25, 0.3) is 0 Å². The summed E-state index contributed by atoms with van der Waals surface area (Å²) in [6.07, 6.45) is 6.94. The topological polar surface area (TPSA) is 75.2 Å². The first kappa shape index (κ1) is 15.1. The predicted octanol–water partition coefficient (Wildman–Crippen LogP) is 1.64. The zero-order valence-corrected chi connectivity index (χ0v) is 12.7. The quantitative estimate of drug-likeness (QED) is 0.931. The highest BCUT2D eigenvalue weighted by Gasteiger charge is 2.21. The van der Waals surface area contributed by atoms with Gasteiger partial charge >= 0.3 is 0 Å². The van der Waals surface area contributed by atoms with Crippen LogP contribution in [-0.4, -0.2) is 39.8 Å². The van der Waals surface area contributed by atoms with Gasteiger partial charge in [-0.25, -0.2) is 0 Å². The molecule has 118 valence electrons. The average Bonchev–Trinajstić information content (AvgIpc) is 3.14. The minimum Gasteiger partial charge on any atom is -0.348 e. The van der Waals surface area contributed by atoms with Crippen LogP contribution in [0.4, 0.5) is 0 Å². The van der Waals surface area contributed by atoms with E-state index in [9.17, 15) is 9.59 Å². The molecule has 6 nitrogen and oxygen atoms in total. The summed E-state index contributed by atoms with van der Waals surface area (Å²) in [5, 5.41) is 2.82. The lowest BCUT2D eigenvalue weighted by Gasteiger charge is -2.14. The summed E-state index contributed by atoms with van der Waals surface area (Å²) in [4.78, 5) is 34.4. The van der Waals surface area contributed by atoms with E-state index in [0.717, 1.165) is 31.5 Å². The third-order valence-electron chi connectivity index (χ3n) is 3.81. The number of aromatic nitrogens is 2. The monoisotopic (exact) mass is 310 g/mol. The first-order chi connectivity index (χ1) is 11.2. The number of likely N-dealkylation sites (tertiary alicyclic amines) is 1. The highest BCUT2D eigenvalue weighted by atomic mass is 16.2. The zero-order valence-electron chi connectivity index (χ0n) is 12.7. The van der Waals surface area contributed by atoms with Crippen LogP contribution in [0.5, 0.6) is 0 Å². The van der Waals surface area contributed by atoms with Gasteiger partial charge in [-0.1, -0.05) is 6.07 Å². The lowest BCUT2D eigenvalue weighted by atomic mass is 10.2. The molecule has 0 atom stereocenters. The molecule has 23 heavy (non-hydrogen) atoms. The van der Waals surface area contributed by atoms with Gasteiger partial charge in [0.2, 0.25) is 0 Å². The number of carbonyl (C=O) groups is 2. The number of hydrogen-bond acceptors (Lipinski definition) is 4. The Hall–Kier alpha value is -2.76. The maximum absolute atomic E-state index is 12.3. The van der Waals surface area contributed by atoms with Crippen molar-refractivity contribution in [2.75, 3.05) is 13.1 Å². The summed E-state index contributed by atoms with van der Waals surface area (Å²) < 4.78 is 0. The van der Waals surface area contributed by atoms with Crippen LogP contribution in [0.15, 0.2) is 42.9 Å². The third kappa shape index (κ3) is 3.71. The molecular formula is C17H18N4O2. The van der Waals surface area contributed by atoms with Gasteiger partial charge in [0.1, 0.15) is 5.69 Å². The normalized spacial score (nSPS) is 13.8. The third-order valence-corrected chi connectivity index (χ3v) is 3.81. The van der Waals surface area contributed by atoms with E-state index in [1.54, 1.807) is 29.4 Å². The summed E-state index contributed by atoms with van der Waals surface area (Å²) >= 11 is 0. The fourth-order valence-electron chi connectivity index (χ4n) is 2.56. The Morgan fingerprint density at radius 3 is 2.74 bits per heavy atom. The molecule has 3 rings (SSSR count). The van der Waals surface area contributed by atoms with Crippen LogP contribution >= 0.6 is 0 Å². The van der Waals surface area contributed by atoms with E-state index in [1.165, 1.54) is 6.20 Å². The van der Waals surface area contributed by atoms with Crippen molar-refractivity contribution >= 4 is 11.8 Å². The van der Waals surface area contributed by atoms with Crippen molar-refractivity contribution in [1.29, 1.82) is 0 Å². The molecule has 1 N–H and O–H groups in total. The van der Waals surface area contributed by atoms with Crippen LogP contribution in [-0.2, 0) is 6.54 Å². The first-order valence-electron chi connectivity index (χ1n) is 7.66. The van der Waals surface area contributed by atoms with Crippen LogP contribution in [0.1, 0.15) is 39.3 Å². The Kier molecular flexibility index (Phi) is 4.61. The summed E-state index contributed by atoms with van der Waals surface area (Å²) in [5.74, 6) is -0.337. The lowest BCUT2D eigenvalue weighted by Crippen LogP contribution is -2.29. The average molecular weight is 310 g/mol. The van der Waals surface area contributed by atoms with Gasteiger partial charge in [-0.2, -0.15) is 0 Å². The van der Waals surface area contributed by atoms with E-state index in [0.29, 0.717) is 17.8 Å². The second-order valence-electron chi connectivity index (χ2n) is 5.47. The molecule has 1 saturated heterocycles. The Morgan fingerprint density at radius 1 is 1.17 bits per heavy atom. The number of hydrogen-bond donors (Lipinski definition) is 1.